The van der Waals surface area contributed by atoms with Gasteiger partial charge in [0.15, 0.2) is 0 Å². The van der Waals surface area contributed by atoms with Crippen molar-refractivity contribution in [3.8, 4) is 33.4 Å². The Kier molecular flexibility index (Phi) is 23.6. The average molecular weight is 1620 g/mol. The number of fused-ring (bicyclic) bond motifs is 13. The lowest BCUT2D eigenvalue weighted by Gasteiger charge is -2.18. The molecular weight excluding hydrogens is 1530 g/mol. The van der Waals surface area contributed by atoms with Gasteiger partial charge in [-0.2, -0.15) is 0 Å². The summed E-state index contributed by atoms with van der Waals surface area (Å²) >= 11 is 3.74. The van der Waals surface area contributed by atoms with Gasteiger partial charge in [-0.15, -0.1) is 22.7 Å². The van der Waals surface area contributed by atoms with Crippen LogP contribution in [0, 0.1) is 0 Å². The first-order valence-electron chi connectivity index (χ1n) is 40.9. The van der Waals surface area contributed by atoms with Crippen molar-refractivity contribution in [1.82, 2.24) is 0 Å². The summed E-state index contributed by atoms with van der Waals surface area (Å²) < 4.78 is 11.4. The van der Waals surface area contributed by atoms with E-state index in [1.807, 2.05) is 77.3 Å². The molecule has 10 heteroatoms. The highest BCUT2D eigenvalue weighted by molar-refractivity contribution is 7.27. The zero-order chi connectivity index (χ0) is 81.8. The van der Waals surface area contributed by atoms with Crippen molar-refractivity contribution in [1.29, 1.82) is 0 Å². The summed E-state index contributed by atoms with van der Waals surface area (Å²) in [6.07, 6.45) is 0. The van der Waals surface area contributed by atoms with E-state index in [0.29, 0.717) is 0 Å². The van der Waals surface area contributed by atoms with Gasteiger partial charge in [0.25, 0.3) is 0 Å². The second-order valence-electron chi connectivity index (χ2n) is 32.0. The van der Waals surface area contributed by atoms with Crippen molar-refractivity contribution in [2.75, 3.05) is 26.6 Å². The van der Waals surface area contributed by atoms with Crippen molar-refractivity contribution >= 4 is 190 Å². The zero-order valence-electron chi connectivity index (χ0n) is 68.1. The Morgan fingerprint density at radius 3 is 1.15 bits per heavy atom. The van der Waals surface area contributed by atoms with Crippen LogP contribution in [0.1, 0.15) is 0 Å². The van der Waals surface area contributed by atoms with Crippen LogP contribution in [0.15, 0.2) is 429 Å². The molecule has 0 saturated heterocycles. The predicted octanol–water partition coefficient (Wildman–Crippen LogP) is 32.2. The highest BCUT2D eigenvalue weighted by atomic mass is 32.1. The van der Waals surface area contributed by atoms with Gasteiger partial charge in [-0.1, -0.05) is 341 Å². The van der Waals surface area contributed by atoms with Crippen LogP contribution in [0.5, 0.6) is 0 Å². The molecule has 5 N–H and O–H groups in total. The fourth-order valence-electron chi connectivity index (χ4n) is 15.4. The molecule has 0 unspecified atom stereocenters. The Labute approximate surface area is 712 Å². The maximum absolute atomic E-state index is 6.06. The van der Waals surface area contributed by atoms with Crippen LogP contribution in [0.3, 0.4) is 0 Å². The standard InChI is InChI=1S/C30H21NO.2C22H15NS.C18H27NSi2.C18H15N/c1-3-9-21(10-4-1)25-17-15-23(19-28(25)22-11-5-2-6-12-22)31-24-16-18-27-26-13-7-8-14-29(26)32-30(27)20-24;1-2-9-16(10-3-1)23-19-14-15-8-4-5-11-17(15)22-21(19)18-12-6-7-13-20(18)24-22;1-2-8-15(9-3-1)23-19-14-21-22(17-11-5-4-10-16(17)19)18-12-6-7-13-20(18)24-21;1-20(2,3)17-11-7-15(8-12-17)19-16-9-13-18(14-10-16)21(4,5)6;1-3-7-15(8-4-1)16-11-13-18(14-12-16)19-17-9-5-2-6-10-17/h1-20,31H;2*1-14,23H;7-14,19H,1-6H3;1-14,19H. The van der Waals surface area contributed by atoms with Crippen molar-refractivity contribution in [2.45, 2.75) is 39.3 Å². The van der Waals surface area contributed by atoms with E-state index in [1.165, 1.54) is 111 Å². The topological polar surface area (TPSA) is 73.3 Å². The van der Waals surface area contributed by atoms with Crippen LogP contribution in [-0.4, -0.2) is 16.1 Å². The summed E-state index contributed by atoms with van der Waals surface area (Å²) in [5.74, 6) is 0. The molecule has 18 aromatic carbocycles. The minimum atomic E-state index is -1.20. The first-order valence-corrected chi connectivity index (χ1v) is 49.6. The molecule has 0 aliphatic heterocycles. The Balaban J connectivity index is 0.000000108. The van der Waals surface area contributed by atoms with Crippen molar-refractivity contribution < 1.29 is 4.42 Å². The number of rotatable bonds is 15. The van der Waals surface area contributed by atoms with E-state index < -0.39 is 16.1 Å². The summed E-state index contributed by atoms with van der Waals surface area (Å²) in [5, 5.41) is 33.5. The molecule has 584 valence electrons. The summed E-state index contributed by atoms with van der Waals surface area (Å²) in [6, 6.07) is 149. The van der Waals surface area contributed by atoms with Gasteiger partial charge in [0.1, 0.15) is 11.2 Å². The molecule has 0 radical (unpaired) electrons. The summed E-state index contributed by atoms with van der Waals surface area (Å²) in [5.41, 5.74) is 20.3. The number of anilines is 10. The second-order valence-corrected chi connectivity index (χ2v) is 44.3. The lowest BCUT2D eigenvalue weighted by molar-refractivity contribution is 0.669. The first-order chi connectivity index (χ1) is 58.7. The predicted molar refractivity (Wildman–Crippen MR) is 531 cm³/mol. The molecule has 6 nitrogen and oxygen atoms in total. The molecule has 3 heterocycles. The van der Waals surface area contributed by atoms with Gasteiger partial charge in [0.2, 0.25) is 0 Å². The van der Waals surface area contributed by atoms with E-state index in [4.69, 9.17) is 4.42 Å². The van der Waals surface area contributed by atoms with Crippen molar-refractivity contribution in [3.63, 3.8) is 0 Å². The zero-order valence-corrected chi connectivity index (χ0v) is 71.8. The Morgan fingerprint density at radius 2 is 0.592 bits per heavy atom. The van der Waals surface area contributed by atoms with E-state index in [9.17, 15) is 0 Å². The molecule has 0 amide bonds. The smallest absolute Gasteiger partial charge is 0.137 e. The normalized spacial score (nSPS) is 11.2. The summed E-state index contributed by atoms with van der Waals surface area (Å²) in [4.78, 5) is 0. The molecule has 0 aliphatic rings. The molecule has 21 aromatic rings. The molecule has 0 aliphatic carbocycles. The van der Waals surface area contributed by atoms with Gasteiger partial charge in [-0.3, -0.25) is 0 Å². The lowest BCUT2D eigenvalue weighted by atomic mass is 9.94. The molecule has 0 saturated carbocycles. The maximum Gasteiger partial charge on any atom is 0.137 e. The van der Waals surface area contributed by atoms with E-state index in [2.05, 4.69) is 436 Å². The molecule has 0 spiro atoms. The van der Waals surface area contributed by atoms with Crippen LogP contribution in [0.4, 0.5) is 56.9 Å². The molecule has 3 aromatic heterocycles. The van der Waals surface area contributed by atoms with Gasteiger partial charge in [-0.25, -0.2) is 0 Å². The fraction of sp³-hybridized carbons (Fsp3) is 0.0545. The number of nitrogens with one attached hydrogen (secondary N) is 5. The number of thiophene rings is 2. The molecule has 0 atom stereocenters. The third kappa shape index (κ3) is 18.4. The summed E-state index contributed by atoms with van der Waals surface area (Å²) in [6.45, 7) is 14.3. The quantitative estimate of drug-likeness (QED) is 0.0659. The van der Waals surface area contributed by atoms with Crippen molar-refractivity contribution in [3.05, 3.63) is 425 Å². The van der Waals surface area contributed by atoms with Gasteiger partial charge in [0.05, 0.1) is 16.1 Å². The van der Waals surface area contributed by atoms with E-state index in [0.717, 1.165) is 73.1 Å². The van der Waals surface area contributed by atoms with E-state index >= 15 is 0 Å². The third-order valence-corrected chi connectivity index (χ3v) is 28.0. The number of hydrogen-bond donors (Lipinski definition) is 5. The molecule has 0 bridgehead atoms. The van der Waals surface area contributed by atoms with E-state index in [-0.39, 0.29) is 0 Å². The Bertz CT molecular complexity index is 6980. The fourth-order valence-corrected chi connectivity index (χ4v) is 20.1. The minimum absolute atomic E-state index is 0.889. The lowest BCUT2D eigenvalue weighted by Crippen LogP contribution is -2.37. The summed E-state index contributed by atoms with van der Waals surface area (Å²) in [7, 11) is -2.40. The van der Waals surface area contributed by atoms with Gasteiger partial charge >= 0.3 is 0 Å². The van der Waals surface area contributed by atoms with E-state index in [1.54, 1.807) is 0 Å². The van der Waals surface area contributed by atoms with Crippen LogP contribution in [0.2, 0.25) is 39.3 Å². The van der Waals surface area contributed by atoms with Crippen LogP contribution >= 0.6 is 22.7 Å². The van der Waals surface area contributed by atoms with Gasteiger partial charge in [-0.05, 0) is 177 Å². The van der Waals surface area contributed by atoms with Crippen LogP contribution in [-0.2, 0) is 0 Å². The maximum atomic E-state index is 6.06. The monoisotopic (exact) mass is 1620 g/mol. The highest BCUT2D eigenvalue weighted by Gasteiger charge is 2.20. The number of hydrogen-bond acceptors (Lipinski definition) is 8. The first kappa shape index (κ1) is 78.7. The average Bonchev–Trinajstić information content (AvgIpc) is 1.63. The number of para-hydroxylation sites is 4. The Morgan fingerprint density at radius 1 is 0.217 bits per heavy atom. The number of furan rings is 1. The van der Waals surface area contributed by atoms with Crippen LogP contribution in [0.25, 0.3) is 117 Å². The van der Waals surface area contributed by atoms with Gasteiger partial charge < -0.3 is 31.0 Å². The SMILES string of the molecule is C[Si](C)(C)c1ccc(Nc2ccc([Si](C)(C)C)cc2)cc1.c1ccc(-c2ccc(Nc3ccc4c(c3)oc3ccccc34)cc2-c2ccccc2)cc1.c1ccc(Nc2cc3ccccc3c3sc4ccccc4c23)cc1.c1ccc(Nc2cc3sc4ccccc4c3c3ccccc23)cc1.c1ccc(Nc2ccc(-c3ccccc3)cc2)cc1. The minimum Gasteiger partial charge on any atom is -0.456 e. The Hall–Kier alpha value is -13.8. The molecular formula is C110H93N5OS2Si2. The van der Waals surface area contributed by atoms with Crippen LogP contribution < -0.4 is 37.0 Å². The largest absolute Gasteiger partial charge is 0.456 e. The third-order valence-electron chi connectivity index (χ3n) is 21.6. The number of benzene rings is 18. The van der Waals surface area contributed by atoms with Gasteiger partial charge in [0, 0.05) is 119 Å². The second kappa shape index (κ2) is 35.9. The molecule has 21 rings (SSSR count). The van der Waals surface area contributed by atoms with Crippen molar-refractivity contribution in [2.24, 2.45) is 0 Å². The molecule has 120 heavy (non-hydrogen) atoms. The highest BCUT2D eigenvalue weighted by Crippen LogP contribution is 2.46. The molecule has 0 fully saturated rings.